The lowest BCUT2D eigenvalue weighted by Crippen LogP contribution is -2.39. The number of benzene rings is 1. The van der Waals surface area contributed by atoms with Crippen molar-refractivity contribution in [1.82, 2.24) is 15.0 Å². The van der Waals surface area contributed by atoms with E-state index >= 15 is 0 Å². The molecule has 0 unspecified atom stereocenters. The number of carbonyl (C=O) groups excluding carboxylic acids is 1. The van der Waals surface area contributed by atoms with E-state index in [1.165, 1.54) is 11.1 Å². The number of fused-ring (bicyclic) bond motifs is 1. The Labute approximate surface area is 174 Å². The van der Waals surface area contributed by atoms with Gasteiger partial charge in [-0.1, -0.05) is 16.5 Å². The summed E-state index contributed by atoms with van der Waals surface area (Å²) in [5.74, 6) is 0.0561. The summed E-state index contributed by atoms with van der Waals surface area (Å²) >= 11 is 1.54. The first-order chi connectivity index (χ1) is 14.0. The minimum Gasteiger partial charge on any atom is -0.379 e. The van der Waals surface area contributed by atoms with Crippen LogP contribution in [0.5, 0.6) is 0 Å². The topological polar surface area (TPSA) is 71.7 Å². The van der Waals surface area contributed by atoms with Gasteiger partial charge in [0.2, 0.25) is 5.76 Å². The number of ether oxygens (including phenoxy) is 1. The normalized spacial score (nSPS) is 15.1. The number of amides is 1. The molecule has 2 aromatic heterocycles. The Morgan fingerprint density at radius 2 is 1.93 bits per heavy atom. The molecule has 3 aromatic rings. The summed E-state index contributed by atoms with van der Waals surface area (Å²) < 4.78 is 11.7. The number of hydrogen-bond acceptors (Lipinski definition) is 7. The van der Waals surface area contributed by atoms with Gasteiger partial charge in [-0.2, -0.15) is 0 Å². The molecule has 0 radical (unpaired) electrons. The molecule has 29 heavy (non-hydrogen) atoms. The molecule has 154 valence electrons. The van der Waals surface area contributed by atoms with E-state index in [1.807, 2.05) is 6.92 Å². The summed E-state index contributed by atoms with van der Waals surface area (Å²) in [6.45, 7) is 10.9. The molecule has 0 saturated carbocycles. The van der Waals surface area contributed by atoms with E-state index in [2.05, 4.69) is 36.0 Å². The van der Waals surface area contributed by atoms with E-state index in [9.17, 15) is 4.79 Å². The summed E-state index contributed by atoms with van der Waals surface area (Å²) in [4.78, 5) is 22.0. The second-order valence-corrected chi connectivity index (χ2v) is 8.51. The smallest absolute Gasteiger partial charge is 0.298 e. The van der Waals surface area contributed by atoms with Crippen LogP contribution in [0.4, 0.5) is 5.13 Å². The average Bonchev–Trinajstić information content (AvgIpc) is 3.32. The van der Waals surface area contributed by atoms with Crippen molar-refractivity contribution in [3.8, 4) is 0 Å². The van der Waals surface area contributed by atoms with Gasteiger partial charge in [0.1, 0.15) is 0 Å². The predicted molar refractivity (Wildman–Crippen MR) is 114 cm³/mol. The maximum Gasteiger partial charge on any atom is 0.298 e. The van der Waals surface area contributed by atoms with Crippen LogP contribution in [-0.2, 0) is 4.74 Å². The Balaban J connectivity index is 1.57. The summed E-state index contributed by atoms with van der Waals surface area (Å²) in [5, 5.41) is 4.57. The van der Waals surface area contributed by atoms with E-state index in [0.717, 1.165) is 49.5 Å². The summed E-state index contributed by atoms with van der Waals surface area (Å²) in [5.41, 5.74) is 4.04. The highest BCUT2D eigenvalue weighted by molar-refractivity contribution is 7.22. The average molecular weight is 415 g/mol. The van der Waals surface area contributed by atoms with Crippen molar-refractivity contribution in [2.75, 3.05) is 44.3 Å². The van der Waals surface area contributed by atoms with Gasteiger partial charge in [0.05, 0.1) is 29.1 Å². The molecular formula is C21H26N4O3S. The van der Waals surface area contributed by atoms with E-state index in [0.29, 0.717) is 17.4 Å². The van der Waals surface area contributed by atoms with Gasteiger partial charge in [0.15, 0.2) is 5.13 Å². The molecule has 0 atom stereocenters. The number of thiazole rings is 1. The lowest BCUT2D eigenvalue weighted by molar-refractivity contribution is 0.0376. The molecule has 1 aromatic carbocycles. The van der Waals surface area contributed by atoms with Crippen LogP contribution in [0.2, 0.25) is 0 Å². The highest BCUT2D eigenvalue weighted by Crippen LogP contribution is 2.31. The molecule has 0 bridgehead atoms. The molecule has 0 spiro atoms. The maximum atomic E-state index is 13.2. The Hall–Kier alpha value is -2.29. The number of aromatic nitrogens is 2. The van der Waals surface area contributed by atoms with Gasteiger partial charge in [0, 0.05) is 32.2 Å². The van der Waals surface area contributed by atoms with E-state index in [1.54, 1.807) is 22.3 Å². The summed E-state index contributed by atoms with van der Waals surface area (Å²) in [6, 6.07) is 5.90. The molecule has 1 saturated heterocycles. The number of morpholine rings is 1. The van der Waals surface area contributed by atoms with Crippen LogP contribution in [0.3, 0.4) is 0 Å². The number of hydrogen-bond donors (Lipinski definition) is 0. The molecule has 7 nitrogen and oxygen atoms in total. The molecule has 1 fully saturated rings. The zero-order valence-electron chi connectivity index (χ0n) is 17.1. The zero-order valence-corrected chi connectivity index (χ0v) is 17.9. The second kappa shape index (κ2) is 8.61. The molecule has 3 heterocycles. The van der Waals surface area contributed by atoms with Crippen molar-refractivity contribution in [3.63, 3.8) is 0 Å². The predicted octanol–water partition coefficient (Wildman–Crippen LogP) is 3.58. The number of carbonyl (C=O) groups is 1. The van der Waals surface area contributed by atoms with Crippen molar-refractivity contribution in [2.24, 2.45) is 0 Å². The Morgan fingerprint density at radius 1 is 1.17 bits per heavy atom. The van der Waals surface area contributed by atoms with Gasteiger partial charge >= 0.3 is 0 Å². The first-order valence-electron chi connectivity index (χ1n) is 9.94. The van der Waals surface area contributed by atoms with Crippen molar-refractivity contribution >= 4 is 32.6 Å². The van der Waals surface area contributed by atoms with Crippen LogP contribution in [0.1, 0.15) is 33.8 Å². The van der Waals surface area contributed by atoms with Crippen molar-refractivity contribution in [3.05, 3.63) is 40.8 Å². The lowest BCUT2D eigenvalue weighted by Gasteiger charge is -2.27. The van der Waals surface area contributed by atoms with Gasteiger partial charge in [-0.15, -0.1) is 0 Å². The third kappa shape index (κ3) is 4.49. The van der Waals surface area contributed by atoms with Gasteiger partial charge < -0.3 is 9.26 Å². The largest absolute Gasteiger partial charge is 0.379 e. The van der Waals surface area contributed by atoms with Gasteiger partial charge in [-0.3, -0.25) is 14.6 Å². The SMILES string of the molecule is Cc1cc(C(=O)N(CCCN2CCOCC2)c2nc3cc(C)c(C)cc3s2)on1. The third-order valence-corrected chi connectivity index (χ3v) is 6.31. The van der Waals surface area contributed by atoms with E-state index in [-0.39, 0.29) is 11.7 Å². The molecule has 0 aliphatic carbocycles. The highest BCUT2D eigenvalue weighted by Gasteiger charge is 2.25. The number of rotatable bonds is 6. The Bertz CT molecular complexity index is 968. The molecule has 8 heteroatoms. The number of aryl methyl sites for hydroxylation is 3. The minimum absolute atomic E-state index is 0.194. The molecule has 1 amide bonds. The van der Waals surface area contributed by atoms with Crippen LogP contribution in [-0.4, -0.2) is 60.3 Å². The van der Waals surface area contributed by atoms with Gasteiger partial charge in [0.25, 0.3) is 5.91 Å². The second-order valence-electron chi connectivity index (χ2n) is 7.50. The minimum atomic E-state index is -0.194. The molecule has 1 aliphatic heterocycles. The van der Waals surface area contributed by atoms with Crippen LogP contribution < -0.4 is 4.90 Å². The molecular weight excluding hydrogens is 388 g/mol. The van der Waals surface area contributed by atoms with Gasteiger partial charge in [-0.05, 0) is 50.5 Å². The quantitative estimate of drug-likeness (QED) is 0.614. The molecule has 0 N–H and O–H groups in total. The third-order valence-electron chi connectivity index (χ3n) is 5.27. The zero-order chi connectivity index (χ0) is 20.4. The van der Waals surface area contributed by atoms with E-state index < -0.39 is 0 Å². The molecule has 4 rings (SSSR count). The monoisotopic (exact) mass is 414 g/mol. The number of nitrogens with zero attached hydrogens (tertiary/aromatic N) is 4. The van der Waals surface area contributed by atoms with Crippen LogP contribution >= 0.6 is 11.3 Å². The summed E-state index contributed by atoms with van der Waals surface area (Å²) in [7, 11) is 0. The van der Waals surface area contributed by atoms with Crippen molar-refractivity contribution in [1.29, 1.82) is 0 Å². The first kappa shape index (κ1) is 20.0. The van der Waals surface area contributed by atoms with Crippen molar-refractivity contribution < 1.29 is 14.1 Å². The standard InChI is InChI=1S/C21H26N4O3S/c1-14-11-17-19(12-15(14)2)29-21(22-17)25(20(26)18-13-16(3)23-28-18)6-4-5-24-7-9-27-10-8-24/h11-13H,4-10H2,1-3H3. The summed E-state index contributed by atoms with van der Waals surface area (Å²) in [6.07, 6.45) is 0.854. The lowest BCUT2D eigenvalue weighted by atomic mass is 10.1. The fourth-order valence-corrected chi connectivity index (χ4v) is 4.51. The highest BCUT2D eigenvalue weighted by atomic mass is 32.1. The Morgan fingerprint density at radius 3 is 2.66 bits per heavy atom. The van der Waals surface area contributed by atoms with Crippen molar-refractivity contribution in [2.45, 2.75) is 27.2 Å². The fourth-order valence-electron chi connectivity index (χ4n) is 3.44. The molecule has 1 aliphatic rings. The maximum absolute atomic E-state index is 13.2. The first-order valence-corrected chi connectivity index (χ1v) is 10.8. The van der Waals surface area contributed by atoms with Crippen LogP contribution in [0.25, 0.3) is 10.2 Å². The number of anilines is 1. The fraction of sp³-hybridized carbons (Fsp3) is 0.476. The van der Waals surface area contributed by atoms with Crippen LogP contribution in [0.15, 0.2) is 22.7 Å². The van der Waals surface area contributed by atoms with Gasteiger partial charge in [-0.25, -0.2) is 4.98 Å². The van der Waals surface area contributed by atoms with E-state index in [4.69, 9.17) is 14.2 Å². The Kier molecular flexibility index (Phi) is 5.94. The van der Waals surface area contributed by atoms with Crippen LogP contribution in [0, 0.1) is 20.8 Å².